The second-order valence-corrected chi connectivity index (χ2v) is 4.70. The highest BCUT2D eigenvalue weighted by atomic mass is 35.5. The first kappa shape index (κ1) is 11.6. The van der Waals surface area contributed by atoms with Crippen molar-refractivity contribution in [3.05, 3.63) is 23.2 Å². The largest absolute Gasteiger partial charge is 0.379 e. The number of halogens is 1. The SMILES string of the molecule is CN(C)c1ccc(Cl)cc1NC1CCOC1. The van der Waals surface area contributed by atoms with Crippen molar-refractivity contribution in [1.29, 1.82) is 0 Å². The van der Waals surface area contributed by atoms with Crippen molar-refractivity contribution in [3.8, 4) is 0 Å². The molecule has 1 aliphatic heterocycles. The van der Waals surface area contributed by atoms with E-state index < -0.39 is 0 Å². The molecule has 1 fully saturated rings. The van der Waals surface area contributed by atoms with Crippen molar-refractivity contribution in [2.45, 2.75) is 12.5 Å². The molecule has 1 aromatic rings. The van der Waals surface area contributed by atoms with Gasteiger partial charge in [0.15, 0.2) is 0 Å². The summed E-state index contributed by atoms with van der Waals surface area (Å²) in [7, 11) is 4.05. The van der Waals surface area contributed by atoms with Gasteiger partial charge in [-0.2, -0.15) is 0 Å². The Labute approximate surface area is 101 Å². The van der Waals surface area contributed by atoms with Gasteiger partial charge in [-0.25, -0.2) is 0 Å². The highest BCUT2D eigenvalue weighted by Gasteiger charge is 2.17. The minimum atomic E-state index is 0.400. The quantitative estimate of drug-likeness (QED) is 0.879. The first-order valence-electron chi connectivity index (χ1n) is 5.48. The predicted octanol–water partition coefficient (Wildman–Crippen LogP) is 2.61. The molecule has 2 rings (SSSR count). The third-order valence-electron chi connectivity index (χ3n) is 2.73. The van der Waals surface area contributed by atoms with Gasteiger partial charge < -0.3 is 15.0 Å². The average Bonchev–Trinajstić information content (AvgIpc) is 2.70. The van der Waals surface area contributed by atoms with Crippen LogP contribution in [0.2, 0.25) is 5.02 Å². The zero-order valence-corrected chi connectivity index (χ0v) is 10.4. The molecule has 1 saturated heterocycles. The molecule has 1 unspecified atom stereocenters. The zero-order valence-electron chi connectivity index (χ0n) is 9.66. The Morgan fingerprint density at radius 2 is 2.25 bits per heavy atom. The fraction of sp³-hybridized carbons (Fsp3) is 0.500. The topological polar surface area (TPSA) is 24.5 Å². The van der Waals surface area contributed by atoms with Crippen molar-refractivity contribution < 1.29 is 4.74 Å². The van der Waals surface area contributed by atoms with E-state index in [1.54, 1.807) is 0 Å². The Bertz CT molecular complexity index is 362. The van der Waals surface area contributed by atoms with Crippen LogP contribution in [-0.2, 0) is 4.74 Å². The van der Waals surface area contributed by atoms with E-state index in [4.69, 9.17) is 16.3 Å². The van der Waals surface area contributed by atoms with Gasteiger partial charge in [-0.05, 0) is 24.6 Å². The third kappa shape index (κ3) is 2.60. The molecular weight excluding hydrogens is 224 g/mol. The molecule has 0 saturated carbocycles. The molecule has 1 heterocycles. The lowest BCUT2D eigenvalue weighted by atomic mass is 10.2. The van der Waals surface area contributed by atoms with Crippen LogP contribution in [0.4, 0.5) is 11.4 Å². The van der Waals surface area contributed by atoms with Crippen LogP contribution in [-0.4, -0.2) is 33.4 Å². The Kier molecular flexibility index (Phi) is 3.56. The molecule has 1 aliphatic rings. The second kappa shape index (κ2) is 4.93. The second-order valence-electron chi connectivity index (χ2n) is 4.26. The van der Waals surface area contributed by atoms with E-state index in [-0.39, 0.29) is 0 Å². The number of anilines is 2. The van der Waals surface area contributed by atoms with Crippen LogP contribution in [0.3, 0.4) is 0 Å². The molecule has 1 aromatic carbocycles. The van der Waals surface area contributed by atoms with E-state index in [1.165, 1.54) is 0 Å². The summed E-state index contributed by atoms with van der Waals surface area (Å²) in [5.41, 5.74) is 2.23. The van der Waals surface area contributed by atoms with E-state index in [0.717, 1.165) is 36.0 Å². The number of nitrogens with one attached hydrogen (secondary N) is 1. The molecule has 0 bridgehead atoms. The van der Waals surface area contributed by atoms with Gasteiger partial charge in [0.25, 0.3) is 0 Å². The summed E-state index contributed by atoms with van der Waals surface area (Å²) in [5.74, 6) is 0. The molecule has 4 heteroatoms. The van der Waals surface area contributed by atoms with Crippen LogP contribution in [0, 0.1) is 0 Å². The first-order chi connectivity index (χ1) is 7.66. The summed E-state index contributed by atoms with van der Waals surface area (Å²) >= 11 is 6.02. The van der Waals surface area contributed by atoms with Gasteiger partial charge in [-0.3, -0.25) is 0 Å². The van der Waals surface area contributed by atoms with Crippen LogP contribution < -0.4 is 10.2 Å². The van der Waals surface area contributed by atoms with Gasteiger partial charge >= 0.3 is 0 Å². The summed E-state index contributed by atoms with van der Waals surface area (Å²) in [6.45, 7) is 1.62. The summed E-state index contributed by atoms with van der Waals surface area (Å²) in [6, 6.07) is 6.31. The lowest BCUT2D eigenvalue weighted by Gasteiger charge is -2.21. The molecular formula is C12H17ClN2O. The van der Waals surface area contributed by atoms with Crippen molar-refractivity contribution in [1.82, 2.24) is 0 Å². The Balaban J connectivity index is 2.19. The molecule has 1 N–H and O–H groups in total. The summed E-state index contributed by atoms with van der Waals surface area (Å²) in [4.78, 5) is 2.08. The van der Waals surface area contributed by atoms with Crippen LogP contribution in [0.15, 0.2) is 18.2 Å². The maximum absolute atomic E-state index is 6.02. The van der Waals surface area contributed by atoms with Crippen LogP contribution in [0.1, 0.15) is 6.42 Å². The maximum atomic E-state index is 6.02. The fourth-order valence-corrected chi connectivity index (χ4v) is 2.05. The van der Waals surface area contributed by atoms with Gasteiger partial charge in [0.05, 0.1) is 24.0 Å². The highest BCUT2D eigenvalue weighted by molar-refractivity contribution is 6.31. The van der Waals surface area contributed by atoms with Gasteiger partial charge in [-0.1, -0.05) is 11.6 Å². The fourth-order valence-electron chi connectivity index (χ4n) is 1.88. The summed E-state index contributed by atoms with van der Waals surface area (Å²) < 4.78 is 5.35. The van der Waals surface area contributed by atoms with E-state index >= 15 is 0 Å². The Morgan fingerprint density at radius 1 is 1.44 bits per heavy atom. The number of hydrogen-bond donors (Lipinski definition) is 1. The summed E-state index contributed by atoms with van der Waals surface area (Å²) in [5, 5.41) is 4.24. The minimum absolute atomic E-state index is 0.400. The normalized spacial score (nSPS) is 19.8. The van der Waals surface area contributed by atoms with E-state index in [9.17, 15) is 0 Å². The van der Waals surface area contributed by atoms with Crippen molar-refractivity contribution >= 4 is 23.0 Å². The number of benzene rings is 1. The van der Waals surface area contributed by atoms with Crippen molar-refractivity contribution in [3.63, 3.8) is 0 Å². The number of rotatable bonds is 3. The highest BCUT2D eigenvalue weighted by Crippen LogP contribution is 2.29. The molecule has 0 aliphatic carbocycles. The number of ether oxygens (including phenoxy) is 1. The van der Waals surface area contributed by atoms with Gasteiger partial charge in [0.2, 0.25) is 0 Å². The minimum Gasteiger partial charge on any atom is -0.379 e. The molecule has 3 nitrogen and oxygen atoms in total. The van der Waals surface area contributed by atoms with Gasteiger partial charge in [0, 0.05) is 25.7 Å². The van der Waals surface area contributed by atoms with Crippen LogP contribution in [0.25, 0.3) is 0 Å². The lowest BCUT2D eigenvalue weighted by Crippen LogP contribution is -2.21. The van der Waals surface area contributed by atoms with Crippen molar-refractivity contribution in [2.24, 2.45) is 0 Å². The van der Waals surface area contributed by atoms with Crippen LogP contribution >= 0.6 is 11.6 Å². The Morgan fingerprint density at radius 3 is 2.88 bits per heavy atom. The van der Waals surface area contributed by atoms with E-state index in [0.29, 0.717) is 6.04 Å². The number of hydrogen-bond acceptors (Lipinski definition) is 3. The standard InChI is InChI=1S/C12H17ClN2O/c1-15(2)12-4-3-9(13)7-11(12)14-10-5-6-16-8-10/h3-4,7,10,14H,5-6,8H2,1-2H3. The molecule has 1 atom stereocenters. The molecule has 0 amide bonds. The smallest absolute Gasteiger partial charge is 0.0668 e. The van der Waals surface area contributed by atoms with E-state index in [2.05, 4.69) is 10.2 Å². The van der Waals surface area contributed by atoms with E-state index in [1.807, 2.05) is 32.3 Å². The average molecular weight is 241 g/mol. The zero-order chi connectivity index (χ0) is 11.5. The molecule has 0 aromatic heterocycles. The number of nitrogens with zero attached hydrogens (tertiary/aromatic N) is 1. The molecule has 88 valence electrons. The van der Waals surface area contributed by atoms with Gasteiger partial charge in [0.1, 0.15) is 0 Å². The van der Waals surface area contributed by atoms with Crippen LogP contribution in [0.5, 0.6) is 0 Å². The van der Waals surface area contributed by atoms with Crippen molar-refractivity contribution in [2.75, 3.05) is 37.5 Å². The van der Waals surface area contributed by atoms with Gasteiger partial charge in [-0.15, -0.1) is 0 Å². The Hall–Kier alpha value is -0.930. The molecule has 16 heavy (non-hydrogen) atoms. The first-order valence-corrected chi connectivity index (χ1v) is 5.86. The lowest BCUT2D eigenvalue weighted by molar-refractivity contribution is 0.195. The third-order valence-corrected chi connectivity index (χ3v) is 2.96. The molecule has 0 spiro atoms. The predicted molar refractivity (Wildman–Crippen MR) is 68.6 cm³/mol. The summed E-state index contributed by atoms with van der Waals surface area (Å²) in [6.07, 6.45) is 1.05. The molecule has 0 radical (unpaired) electrons. The maximum Gasteiger partial charge on any atom is 0.0668 e. The monoisotopic (exact) mass is 240 g/mol.